The number of likely N-dealkylation sites (N-methyl/N-ethyl adjacent to an activating group) is 1. The Morgan fingerprint density at radius 3 is 2.88 bits per heavy atom. The molecule has 0 aromatic heterocycles. The van der Waals surface area contributed by atoms with E-state index in [2.05, 4.69) is 30.9 Å². The molecule has 1 rings (SSSR count). The summed E-state index contributed by atoms with van der Waals surface area (Å²) in [6, 6.07) is 0.304. The summed E-state index contributed by atoms with van der Waals surface area (Å²) in [7, 11) is 0. The minimum Gasteiger partial charge on any atom is -0.395 e. The summed E-state index contributed by atoms with van der Waals surface area (Å²) in [5.74, 6) is 2.11. The molecule has 3 heteroatoms. The summed E-state index contributed by atoms with van der Waals surface area (Å²) in [6.07, 6.45) is 6.73. The second-order valence-electron chi connectivity index (χ2n) is 4.99. The Labute approximate surface area is 105 Å². The average Bonchev–Trinajstić information content (AvgIpc) is 2.28. The maximum absolute atomic E-state index is 9.16. The van der Waals surface area contributed by atoms with Gasteiger partial charge in [0.25, 0.3) is 0 Å². The van der Waals surface area contributed by atoms with Gasteiger partial charge in [0, 0.05) is 11.3 Å². The second kappa shape index (κ2) is 8.37. The Balaban J connectivity index is 2.09. The molecule has 96 valence electrons. The summed E-state index contributed by atoms with van der Waals surface area (Å²) in [6.45, 7) is 5.70. The predicted octanol–water partition coefficient (Wildman–Crippen LogP) is 2.66. The highest BCUT2D eigenvalue weighted by Gasteiger charge is 2.19. The van der Waals surface area contributed by atoms with E-state index < -0.39 is 0 Å². The van der Waals surface area contributed by atoms with Crippen LogP contribution in [-0.4, -0.2) is 35.3 Å². The van der Waals surface area contributed by atoms with Crippen molar-refractivity contribution in [3.8, 4) is 0 Å². The highest BCUT2D eigenvalue weighted by Crippen LogP contribution is 2.32. The van der Waals surface area contributed by atoms with Crippen molar-refractivity contribution < 1.29 is 5.11 Å². The first-order chi connectivity index (χ1) is 7.76. The van der Waals surface area contributed by atoms with Gasteiger partial charge < -0.3 is 10.4 Å². The third-order valence-electron chi connectivity index (χ3n) is 3.42. The molecular weight excluding hydrogens is 218 g/mol. The van der Waals surface area contributed by atoms with E-state index in [1.54, 1.807) is 0 Å². The minimum absolute atomic E-state index is 0.273. The lowest BCUT2D eigenvalue weighted by molar-refractivity contribution is 0.241. The van der Waals surface area contributed by atoms with Gasteiger partial charge in [-0.15, -0.1) is 0 Å². The van der Waals surface area contributed by atoms with Crippen LogP contribution in [0.25, 0.3) is 0 Å². The normalized spacial score (nSPS) is 27.9. The highest BCUT2D eigenvalue weighted by atomic mass is 32.2. The lowest BCUT2D eigenvalue weighted by Crippen LogP contribution is -2.33. The summed E-state index contributed by atoms with van der Waals surface area (Å²) in [5, 5.41) is 13.4. The Kier molecular flexibility index (Phi) is 7.50. The van der Waals surface area contributed by atoms with Crippen LogP contribution in [0.4, 0.5) is 0 Å². The van der Waals surface area contributed by atoms with Gasteiger partial charge in [0.1, 0.15) is 0 Å². The van der Waals surface area contributed by atoms with Crippen molar-refractivity contribution in [2.75, 3.05) is 18.9 Å². The zero-order chi connectivity index (χ0) is 11.8. The molecule has 3 unspecified atom stereocenters. The lowest BCUT2D eigenvalue weighted by atomic mass is 9.91. The number of thioether (sulfide) groups is 1. The highest BCUT2D eigenvalue weighted by molar-refractivity contribution is 7.99. The third kappa shape index (κ3) is 5.55. The van der Waals surface area contributed by atoms with Gasteiger partial charge in [-0.3, -0.25) is 0 Å². The van der Waals surface area contributed by atoms with Gasteiger partial charge in [0.05, 0.1) is 6.61 Å². The molecule has 0 aromatic carbocycles. The SMILES string of the molecule is CCNC(CO)CCSC1CCCC(C)C1. The molecule has 0 aromatic rings. The first-order valence-electron chi connectivity index (χ1n) is 6.72. The van der Waals surface area contributed by atoms with Crippen LogP contribution in [0.3, 0.4) is 0 Å². The molecule has 0 aliphatic heterocycles. The smallest absolute Gasteiger partial charge is 0.0584 e. The first-order valence-corrected chi connectivity index (χ1v) is 7.77. The van der Waals surface area contributed by atoms with E-state index in [4.69, 9.17) is 5.11 Å². The van der Waals surface area contributed by atoms with E-state index in [1.165, 1.54) is 31.4 Å². The van der Waals surface area contributed by atoms with Gasteiger partial charge in [-0.05, 0) is 37.5 Å². The van der Waals surface area contributed by atoms with E-state index in [0.717, 1.165) is 24.1 Å². The monoisotopic (exact) mass is 245 g/mol. The Hall–Kier alpha value is 0.270. The zero-order valence-electron chi connectivity index (χ0n) is 10.7. The van der Waals surface area contributed by atoms with Crippen LogP contribution in [0.5, 0.6) is 0 Å². The molecule has 0 amide bonds. The van der Waals surface area contributed by atoms with E-state index in [0.29, 0.717) is 6.04 Å². The summed E-state index contributed by atoms with van der Waals surface area (Å²) in [5.41, 5.74) is 0. The van der Waals surface area contributed by atoms with E-state index >= 15 is 0 Å². The van der Waals surface area contributed by atoms with Crippen molar-refractivity contribution in [1.29, 1.82) is 0 Å². The van der Waals surface area contributed by atoms with Crippen LogP contribution >= 0.6 is 11.8 Å². The molecule has 0 bridgehead atoms. The minimum atomic E-state index is 0.273. The van der Waals surface area contributed by atoms with E-state index in [9.17, 15) is 0 Å². The molecule has 0 heterocycles. The third-order valence-corrected chi connectivity index (χ3v) is 4.79. The molecule has 1 saturated carbocycles. The van der Waals surface area contributed by atoms with Crippen LogP contribution in [-0.2, 0) is 0 Å². The van der Waals surface area contributed by atoms with Crippen molar-refractivity contribution in [3.05, 3.63) is 0 Å². The van der Waals surface area contributed by atoms with Crippen molar-refractivity contribution in [3.63, 3.8) is 0 Å². The van der Waals surface area contributed by atoms with Crippen molar-refractivity contribution in [2.24, 2.45) is 5.92 Å². The summed E-state index contributed by atoms with van der Waals surface area (Å²) < 4.78 is 0. The van der Waals surface area contributed by atoms with Crippen LogP contribution in [0.1, 0.15) is 46.0 Å². The van der Waals surface area contributed by atoms with E-state index in [-0.39, 0.29) is 6.61 Å². The maximum atomic E-state index is 9.16. The fraction of sp³-hybridized carbons (Fsp3) is 1.00. The molecule has 3 atom stereocenters. The van der Waals surface area contributed by atoms with Crippen molar-refractivity contribution in [1.82, 2.24) is 5.32 Å². The Bertz CT molecular complexity index is 177. The topological polar surface area (TPSA) is 32.3 Å². The molecule has 1 aliphatic rings. The number of aliphatic hydroxyl groups is 1. The molecule has 0 radical (unpaired) electrons. The van der Waals surface area contributed by atoms with Crippen LogP contribution in [0, 0.1) is 5.92 Å². The molecule has 0 saturated heterocycles. The summed E-state index contributed by atoms with van der Waals surface area (Å²) in [4.78, 5) is 0. The molecule has 0 spiro atoms. The van der Waals surface area contributed by atoms with Crippen LogP contribution in [0.2, 0.25) is 0 Å². The van der Waals surface area contributed by atoms with Gasteiger partial charge in [-0.25, -0.2) is 0 Å². The van der Waals surface area contributed by atoms with Gasteiger partial charge >= 0.3 is 0 Å². The quantitative estimate of drug-likeness (QED) is 0.723. The number of hydrogen-bond acceptors (Lipinski definition) is 3. The molecule has 1 aliphatic carbocycles. The number of hydrogen-bond donors (Lipinski definition) is 2. The van der Waals surface area contributed by atoms with Gasteiger partial charge in [-0.1, -0.05) is 26.7 Å². The maximum Gasteiger partial charge on any atom is 0.0584 e. The molecule has 1 fully saturated rings. The Morgan fingerprint density at radius 2 is 2.25 bits per heavy atom. The fourth-order valence-electron chi connectivity index (χ4n) is 2.45. The van der Waals surface area contributed by atoms with E-state index in [1.807, 2.05) is 0 Å². The Morgan fingerprint density at radius 1 is 1.44 bits per heavy atom. The standard InChI is InChI=1S/C13H27NOS/c1-3-14-12(10-15)7-8-16-13-6-4-5-11(2)9-13/h11-15H,3-10H2,1-2H3. The number of rotatable bonds is 7. The van der Waals surface area contributed by atoms with Crippen molar-refractivity contribution >= 4 is 11.8 Å². The lowest BCUT2D eigenvalue weighted by Gasteiger charge is -2.26. The number of nitrogens with one attached hydrogen (secondary N) is 1. The van der Waals surface area contributed by atoms with Gasteiger partial charge in [0.15, 0.2) is 0 Å². The largest absolute Gasteiger partial charge is 0.395 e. The molecule has 2 N–H and O–H groups in total. The number of aliphatic hydroxyl groups excluding tert-OH is 1. The molecule has 16 heavy (non-hydrogen) atoms. The average molecular weight is 245 g/mol. The van der Waals surface area contributed by atoms with Crippen molar-refractivity contribution in [2.45, 2.75) is 57.2 Å². The second-order valence-corrected chi connectivity index (χ2v) is 6.40. The van der Waals surface area contributed by atoms with Crippen LogP contribution in [0.15, 0.2) is 0 Å². The zero-order valence-corrected chi connectivity index (χ0v) is 11.6. The fourth-order valence-corrected chi connectivity index (χ4v) is 4.01. The van der Waals surface area contributed by atoms with Crippen LogP contribution < -0.4 is 5.32 Å². The molecular formula is C13H27NOS. The molecule has 2 nitrogen and oxygen atoms in total. The summed E-state index contributed by atoms with van der Waals surface area (Å²) >= 11 is 2.12. The van der Waals surface area contributed by atoms with Gasteiger partial charge in [0.2, 0.25) is 0 Å². The first kappa shape index (κ1) is 14.3. The van der Waals surface area contributed by atoms with Gasteiger partial charge in [-0.2, -0.15) is 11.8 Å². The predicted molar refractivity (Wildman–Crippen MR) is 73.0 cm³/mol.